The van der Waals surface area contributed by atoms with Gasteiger partial charge in [0, 0.05) is 21.3 Å². The maximum absolute atomic E-state index is 12.4. The maximum atomic E-state index is 12.4. The molecule has 0 aromatic heterocycles. The van der Waals surface area contributed by atoms with Crippen LogP contribution in [0.3, 0.4) is 0 Å². The van der Waals surface area contributed by atoms with E-state index in [4.69, 9.17) is 0 Å². The monoisotopic (exact) mass is 345 g/mol. The predicted molar refractivity (Wildman–Crippen MR) is 82.1 cm³/mol. The number of nitrogens with one attached hydrogen (secondary N) is 1. The molecule has 2 N–H and O–H groups in total. The number of benzene rings is 2. The van der Waals surface area contributed by atoms with Gasteiger partial charge in [-0.05, 0) is 12.1 Å². The van der Waals surface area contributed by atoms with Crippen molar-refractivity contribution >= 4 is 33.3 Å². The smallest absolute Gasteiger partial charge is 0.261 e. The Morgan fingerprint density at radius 3 is 2.57 bits per heavy atom. The van der Waals surface area contributed by atoms with Gasteiger partial charge in [0.2, 0.25) is 0 Å². The predicted octanol–water partition coefficient (Wildman–Crippen LogP) is 2.86. The lowest BCUT2D eigenvalue weighted by molar-refractivity contribution is -0.133. The molecular weight excluding hydrogens is 334 g/mol. The second-order valence-corrected chi connectivity index (χ2v) is 5.79. The number of para-hydroxylation sites is 1. The van der Waals surface area contributed by atoms with Crippen molar-refractivity contribution in [2.24, 2.45) is 0 Å². The first-order chi connectivity index (χ1) is 10.0. The van der Waals surface area contributed by atoms with Crippen LogP contribution in [0.5, 0.6) is 0 Å². The number of fused-ring (bicyclic) bond motifs is 1. The number of carbonyl (C=O) groups excluding carboxylic acids is 2. The van der Waals surface area contributed by atoms with Crippen LogP contribution in [-0.4, -0.2) is 16.8 Å². The van der Waals surface area contributed by atoms with E-state index in [9.17, 15) is 14.7 Å². The van der Waals surface area contributed by atoms with E-state index in [1.807, 2.05) is 0 Å². The van der Waals surface area contributed by atoms with Gasteiger partial charge in [-0.1, -0.05) is 52.3 Å². The minimum Gasteiger partial charge on any atom is -0.375 e. The van der Waals surface area contributed by atoms with E-state index in [0.29, 0.717) is 21.3 Å². The van der Waals surface area contributed by atoms with E-state index in [-0.39, 0.29) is 12.2 Å². The van der Waals surface area contributed by atoms with E-state index >= 15 is 0 Å². The molecule has 21 heavy (non-hydrogen) atoms. The molecule has 1 amide bonds. The number of amides is 1. The molecule has 106 valence electrons. The van der Waals surface area contributed by atoms with Crippen LogP contribution in [0.2, 0.25) is 0 Å². The summed E-state index contributed by atoms with van der Waals surface area (Å²) in [7, 11) is 0. The van der Waals surface area contributed by atoms with Crippen molar-refractivity contribution in [3.05, 3.63) is 64.1 Å². The van der Waals surface area contributed by atoms with Gasteiger partial charge in [0.05, 0.1) is 6.42 Å². The summed E-state index contributed by atoms with van der Waals surface area (Å²) < 4.78 is 0.644. The minimum absolute atomic E-state index is 0.293. The molecule has 0 aliphatic carbocycles. The molecule has 2 aromatic rings. The fourth-order valence-corrected chi connectivity index (χ4v) is 3.00. The van der Waals surface area contributed by atoms with Gasteiger partial charge in [-0.2, -0.15) is 0 Å². The Balaban J connectivity index is 1.96. The van der Waals surface area contributed by atoms with Crippen LogP contribution in [0.25, 0.3) is 0 Å². The number of carbonyl (C=O) groups is 2. The maximum Gasteiger partial charge on any atom is 0.261 e. The fourth-order valence-electron chi connectivity index (χ4n) is 2.49. The third-order valence-electron chi connectivity index (χ3n) is 3.59. The van der Waals surface area contributed by atoms with Crippen LogP contribution in [0.4, 0.5) is 5.69 Å². The minimum atomic E-state index is -1.82. The Morgan fingerprint density at radius 1 is 1.14 bits per heavy atom. The van der Waals surface area contributed by atoms with Crippen LogP contribution in [0.1, 0.15) is 22.3 Å². The summed E-state index contributed by atoms with van der Waals surface area (Å²) in [6.07, 6.45) is -0.293. The van der Waals surface area contributed by atoms with Gasteiger partial charge in [-0.15, -0.1) is 0 Å². The van der Waals surface area contributed by atoms with Gasteiger partial charge in [0.1, 0.15) is 0 Å². The van der Waals surface area contributed by atoms with E-state index in [0.717, 1.165) is 0 Å². The average molecular weight is 346 g/mol. The fraction of sp³-hybridized carbons (Fsp3) is 0.125. The second-order valence-electron chi connectivity index (χ2n) is 4.94. The topological polar surface area (TPSA) is 66.4 Å². The van der Waals surface area contributed by atoms with Crippen molar-refractivity contribution in [3.63, 3.8) is 0 Å². The Kier molecular flexibility index (Phi) is 3.39. The molecule has 0 unspecified atom stereocenters. The highest BCUT2D eigenvalue weighted by Gasteiger charge is 2.46. The molecular formula is C16H12BrNO3. The van der Waals surface area contributed by atoms with Gasteiger partial charge in [-0.25, -0.2) is 0 Å². The summed E-state index contributed by atoms with van der Waals surface area (Å²) in [5.41, 5.74) is -0.383. The largest absolute Gasteiger partial charge is 0.375 e. The van der Waals surface area contributed by atoms with Crippen molar-refractivity contribution in [2.75, 3.05) is 5.32 Å². The van der Waals surface area contributed by atoms with Gasteiger partial charge in [-0.3, -0.25) is 9.59 Å². The molecule has 3 rings (SSSR count). The zero-order valence-corrected chi connectivity index (χ0v) is 12.6. The zero-order valence-electron chi connectivity index (χ0n) is 11.0. The Bertz CT molecular complexity index is 744. The molecule has 0 spiro atoms. The average Bonchev–Trinajstić information content (AvgIpc) is 2.71. The summed E-state index contributed by atoms with van der Waals surface area (Å²) in [5.74, 6) is -0.860. The third-order valence-corrected chi connectivity index (χ3v) is 4.28. The highest BCUT2D eigenvalue weighted by atomic mass is 79.9. The molecule has 0 bridgehead atoms. The molecule has 0 saturated heterocycles. The van der Waals surface area contributed by atoms with Gasteiger partial charge < -0.3 is 10.4 Å². The third kappa shape index (κ3) is 2.28. The van der Waals surface area contributed by atoms with E-state index < -0.39 is 11.5 Å². The molecule has 5 heteroatoms. The highest BCUT2D eigenvalue weighted by molar-refractivity contribution is 9.10. The first-order valence-electron chi connectivity index (χ1n) is 6.43. The molecule has 1 aliphatic rings. The second kappa shape index (κ2) is 5.09. The highest BCUT2D eigenvalue weighted by Crippen LogP contribution is 2.39. The number of halogens is 1. The van der Waals surface area contributed by atoms with Crippen LogP contribution < -0.4 is 5.32 Å². The molecule has 0 saturated carbocycles. The standard InChI is InChI=1S/C16H12BrNO3/c17-12-7-3-1-5-10(12)14(19)9-16(21)11-6-2-4-8-13(11)18-15(16)20/h1-8,21H,9H2,(H,18,20)/t16-/m1/s1. The first kappa shape index (κ1) is 14.0. The number of hydrogen-bond donors (Lipinski definition) is 2. The lowest BCUT2D eigenvalue weighted by Crippen LogP contribution is -2.36. The van der Waals surface area contributed by atoms with Gasteiger partial charge in [0.15, 0.2) is 11.4 Å². The number of ketones is 1. The molecule has 1 atom stereocenters. The summed E-state index contributed by atoms with van der Waals surface area (Å²) in [6, 6.07) is 13.8. The van der Waals surface area contributed by atoms with Crippen LogP contribution in [0.15, 0.2) is 53.0 Å². The Morgan fingerprint density at radius 2 is 1.81 bits per heavy atom. The normalized spacial score (nSPS) is 20.0. The van der Waals surface area contributed by atoms with Crippen molar-refractivity contribution in [1.29, 1.82) is 0 Å². The molecule has 2 aromatic carbocycles. The van der Waals surface area contributed by atoms with Crippen LogP contribution in [-0.2, 0) is 10.4 Å². The summed E-state index contributed by atoms with van der Waals surface area (Å²) in [4.78, 5) is 24.5. The number of Topliss-reactive ketones (excluding diaryl/α,β-unsaturated/α-hetero) is 1. The van der Waals surface area contributed by atoms with Gasteiger partial charge in [0.25, 0.3) is 5.91 Å². The molecule has 0 fully saturated rings. The van der Waals surface area contributed by atoms with Gasteiger partial charge >= 0.3 is 0 Å². The lowest BCUT2D eigenvalue weighted by Gasteiger charge is -2.20. The molecule has 0 radical (unpaired) electrons. The van der Waals surface area contributed by atoms with E-state index in [1.165, 1.54) is 0 Å². The van der Waals surface area contributed by atoms with Crippen molar-refractivity contribution < 1.29 is 14.7 Å². The van der Waals surface area contributed by atoms with Crippen LogP contribution in [0, 0.1) is 0 Å². The summed E-state index contributed by atoms with van der Waals surface area (Å²) in [5, 5.41) is 13.3. The molecule has 4 nitrogen and oxygen atoms in total. The summed E-state index contributed by atoms with van der Waals surface area (Å²) >= 11 is 3.31. The Labute approximate surface area is 129 Å². The van der Waals surface area contributed by atoms with Crippen molar-refractivity contribution in [1.82, 2.24) is 0 Å². The number of rotatable bonds is 3. The lowest BCUT2D eigenvalue weighted by atomic mass is 9.88. The van der Waals surface area contributed by atoms with Crippen molar-refractivity contribution in [3.8, 4) is 0 Å². The zero-order chi connectivity index (χ0) is 15.0. The Hall–Kier alpha value is -1.98. The SMILES string of the molecule is O=C(C[C@]1(O)C(=O)Nc2ccccc21)c1ccccc1Br. The quantitative estimate of drug-likeness (QED) is 0.840. The summed E-state index contributed by atoms with van der Waals surface area (Å²) in [6.45, 7) is 0. The molecule has 1 heterocycles. The molecule has 1 aliphatic heterocycles. The van der Waals surface area contributed by atoms with Crippen molar-refractivity contribution in [2.45, 2.75) is 12.0 Å². The first-order valence-corrected chi connectivity index (χ1v) is 7.23. The van der Waals surface area contributed by atoms with E-state index in [2.05, 4.69) is 21.2 Å². The van der Waals surface area contributed by atoms with Crippen LogP contribution >= 0.6 is 15.9 Å². The van der Waals surface area contributed by atoms with E-state index in [1.54, 1.807) is 48.5 Å². The number of hydrogen-bond acceptors (Lipinski definition) is 3. The number of anilines is 1. The number of aliphatic hydroxyl groups is 1.